The van der Waals surface area contributed by atoms with Gasteiger partial charge in [0.05, 0.1) is 0 Å². The third-order valence-corrected chi connectivity index (χ3v) is 6.05. The third-order valence-electron chi connectivity index (χ3n) is 4.02. The zero-order chi connectivity index (χ0) is 18.1. The van der Waals surface area contributed by atoms with E-state index in [2.05, 4.69) is 34.0 Å². The van der Waals surface area contributed by atoms with Gasteiger partial charge >= 0.3 is 0 Å². The van der Waals surface area contributed by atoms with Gasteiger partial charge in [0.2, 0.25) is 0 Å². The lowest BCUT2D eigenvalue weighted by atomic mass is 10.0. The van der Waals surface area contributed by atoms with Crippen molar-refractivity contribution in [1.29, 1.82) is 0 Å². The molecule has 1 heterocycles. The van der Waals surface area contributed by atoms with Crippen LogP contribution in [0.5, 0.6) is 0 Å². The number of fused-ring (bicyclic) bond motifs is 1. The number of carbonyl (C=O) groups is 1. The molecule has 0 aromatic heterocycles. The molecule has 3 aromatic carbocycles. The van der Waals surface area contributed by atoms with E-state index in [1.165, 1.54) is 0 Å². The lowest BCUT2D eigenvalue weighted by Crippen LogP contribution is -2.03. The maximum Gasteiger partial charge on any atom is 0.256 e. The molecule has 1 aliphatic rings. The largest absolute Gasteiger partial charge is 0.321 e. The van der Waals surface area contributed by atoms with Crippen molar-refractivity contribution < 1.29 is 4.79 Å². The van der Waals surface area contributed by atoms with Gasteiger partial charge in [-0.15, -0.1) is 0 Å². The summed E-state index contributed by atoms with van der Waals surface area (Å²) in [5.41, 5.74) is 3.53. The number of amides is 1. The summed E-state index contributed by atoms with van der Waals surface area (Å²) in [7, 11) is 0. The van der Waals surface area contributed by atoms with Gasteiger partial charge in [0.1, 0.15) is 0 Å². The summed E-state index contributed by atoms with van der Waals surface area (Å²) >= 11 is 9.89. The van der Waals surface area contributed by atoms with Crippen LogP contribution >= 0.6 is 46.0 Å². The van der Waals surface area contributed by atoms with E-state index in [-0.39, 0.29) is 5.91 Å². The molecular weight excluding hydrogens is 477 g/mol. The van der Waals surface area contributed by atoms with Gasteiger partial charge in [0.25, 0.3) is 5.91 Å². The predicted octanol–water partition coefficient (Wildman–Crippen LogP) is 6.59. The SMILES string of the molecule is O=C1Nc2ccc(I)cc2C1=Cc1ccccc1Sc1ccc(Cl)cc1. The van der Waals surface area contributed by atoms with E-state index >= 15 is 0 Å². The molecule has 26 heavy (non-hydrogen) atoms. The van der Waals surface area contributed by atoms with Crippen molar-refractivity contribution in [2.75, 3.05) is 5.32 Å². The summed E-state index contributed by atoms with van der Waals surface area (Å²) in [6.45, 7) is 0. The number of nitrogens with one attached hydrogen (secondary N) is 1. The van der Waals surface area contributed by atoms with Crippen LogP contribution in [0.3, 0.4) is 0 Å². The second-order valence-electron chi connectivity index (χ2n) is 5.80. The summed E-state index contributed by atoms with van der Waals surface area (Å²) in [5, 5.41) is 3.66. The number of carbonyl (C=O) groups excluding carboxylic acids is 1. The van der Waals surface area contributed by atoms with Crippen molar-refractivity contribution in [2.24, 2.45) is 0 Å². The van der Waals surface area contributed by atoms with Crippen LogP contribution in [-0.2, 0) is 4.79 Å². The molecule has 0 aliphatic carbocycles. The number of hydrogen-bond acceptors (Lipinski definition) is 2. The van der Waals surface area contributed by atoms with E-state index in [1.54, 1.807) is 11.8 Å². The zero-order valence-electron chi connectivity index (χ0n) is 13.5. The van der Waals surface area contributed by atoms with E-state index in [4.69, 9.17) is 11.6 Å². The van der Waals surface area contributed by atoms with Crippen molar-refractivity contribution in [3.05, 3.63) is 86.4 Å². The Balaban J connectivity index is 1.73. The van der Waals surface area contributed by atoms with Gasteiger partial charge in [-0.3, -0.25) is 4.79 Å². The Morgan fingerprint density at radius 1 is 1.00 bits per heavy atom. The van der Waals surface area contributed by atoms with Gasteiger partial charge in [0.15, 0.2) is 0 Å². The van der Waals surface area contributed by atoms with E-state index in [0.717, 1.165) is 35.2 Å². The van der Waals surface area contributed by atoms with Gasteiger partial charge < -0.3 is 5.32 Å². The molecule has 0 atom stereocenters. The molecule has 0 unspecified atom stereocenters. The minimum Gasteiger partial charge on any atom is -0.321 e. The molecule has 1 aliphatic heterocycles. The fraction of sp³-hybridized carbons (Fsp3) is 0. The summed E-state index contributed by atoms with van der Waals surface area (Å²) in [4.78, 5) is 14.6. The average Bonchev–Trinajstić information content (AvgIpc) is 2.94. The molecule has 4 rings (SSSR count). The Bertz CT molecular complexity index is 1030. The zero-order valence-corrected chi connectivity index (χ0v) is 17.2. The summed E-state index contributed by atoms with van der Waals surface area (Å²) in [6, 6.07) is 21.8. The maximum atomic E-state index is 12.5. The average molecular weight is 490 g/mol. The van der Waals surface area contributed by atoms with Crippen LogP contribution in [0.1, 0.15) is 11.1 Å². The number of benzene rings is 3. The highest BCUT2D eigenvalue weighted by Gasteiger charge is 2.24. The van der Waals surface area contributed by atoms with E-state index < -0.39 is 0 Å². The summed E-state index contributed by atoms with van der Waals surface area (Å²) < 4.78 is 1.10. The van der Waals surface area contributed by atoms with Crippen LogP contribution in [-0.4, -0.2) is 5.91 Å². The molecule has 1 N–H and O–H groups in total. The summed E-state index contributed by atoms with van der Waals surface area (Å²) in [5.74, 6) is -0.0618. The molecule has 3 aromatic rings. The highest BCUT2D eigenvalue weighted by molar-refractivity contribution is 14.1. The van der Waals surface area contributed by atoms with Crippen molar-refractivity contribution in [2.45, 2.75) is 9.79 Å². The Morgan fingerprint density at radius 3 is 2.58 bits per heavy atom. The van der Waals surface area contributed by atoms with Crippen molar-refractivity contribution in [1.82, 2.24) is 0 Å². The molecule has 0 saturated carbocycles. The molecule has 0 radical (unpaired) electrons. The minimum absolute atomic E-state index is 0.0618. The van der Waals surface area contributed by atoms with E-state index in [9.17, 15) is 4.79 Å². The molecule has 128 valence electrons. The standard InChI is InChI=1S/C21H13ClINOS/c22-14-5-8-16(9-6-14)26-20-4-2-1-3-13(20)11-18-17-12-15(23)7-10-19(17)24-21(18)25/h1-12H,(H,24,25). The van der Waals surface area contributed by atoms with Gasteiger partial charge in [-0.05, 0) is 82.8 Å². The molecule has 0 fully saturated rings. The van der Waals surface area contributed by atoms with Crippen LogP contribution in [0.2, 0.25) is 5.02 Å². The quantitative estimate of drug-likeness (QED) is 0.332. The Morgan fingerprint density at radius 2 is 1.77 bits per heavy atom. The van der Waals surface area contributed by atoms with Crippen LogP contribution < -0.4 is 5.32 Å². The lowest BCUT2D eigenvalue weighted by Gasteiger charge is -2.07. The molecular formula is C21H13ClINOS. The van der Waals surface area contributed by atoms with Crippen LogP contribution in [0.25, 0.3) is 11.6 Å². The van der Waals surface area contributed by atoms with Crippen LogP contribution in [0.4, 0.5) is 5.69 Å². The number of anilines is 1. The first-order chi connectivity index (χ1) is 12.6. The smallest absolute Gasteiger partial charge is 0.256 e. The van der Waals surface area contributed by atoms with Crippen LogP contribution in [0.15, 0.2) is 76.5 Å². The third kappa shape index (κ3) is 3.68. The van der Waals surface area contributed by atoms with Gasteiger partial charge in [0, 0.05) is 35.2 Å². The van der Waals surface area contributed by atoms with E-state index in [0.29, 0.717) is 5.57 Å². The fourth-order valence-electron chi connectivity index (χ4n) is 2.78. The number of hydrogen-bond donors (Lipinski definition) is 1. The number of halogens is 2. The second kappa shape index (κ2) is 7.47. The molecule has 0 spiro atoms. The molecule has 2 nitrogen and oxygen atoms in total. The number of rotatable bonds is 3. The Labute approximate surface area is 174 Å². The van der Waals surface area contributed by atoms with Crippen LogP contribution in [0, 0.1) is 3.57 Å². The highest BCUT2D eigenvalue weighted by atomic mass is 127. The Hall–Kier alpha value is -1.76. The van der Waals surface area contributed by atoms with Gasteiger partial charge in [-0.2, -0.15) is 0 Å². The van der Waals surface area contributed by atoms with E-state index in [1.807, 2.05) is 66.7 Å². The molecule has 0 saturated heterocycles. The Kier molecular flexibility index (Phi) is 5.07. The summed E-state index contributed by atoms with van der Waals surface area (Å²) in [6.07, 6.45) is 1.97. The highest BCUT2D eigenvalue weighted by Crippen LogP contribution is 2.37. The molecule has 0 bridgehead atoms. The second-order valence-corrected chi connectivity index (χ2v) is 8.59. The van der Waals surface area contributed by atoms with Gasteiger partial charge in [-0.1, -0.05) is 41.6 Å². The minimum atomic E-state index is -0.0618. The van der Waals surface area contributed by atoms with Gasteiger partial charge in [-0.25, -0.2) is 0 Å². The first-order valence-electron chi connectivity index (χ1n) is 7.95. The van der Waals surface area contributed by atoms with Crippen molar-refractivity contribution in [3.63, 3.8) is 0 Å². The first-order valence-corrected chi connectivity index (χ1v) is 10.2. The topological polar surface area (TPSA) is 29.1 Å². The first kappa shape index (κ1) is 17.6. The fourth-order valence-corrected chi connectivity index (χ4v) is 4.32. The predicted molar refractivity (Wildman–Crippen MR) is 118 cm³/mol. The maximum absolute atomic E-state index is 12.5. The molecule has 5 heteroatoms. The van der Waals surface area contributed by atoms with Crippen molar-refractivity contribution in [3.8, 4) is 0 Å². The molecule has 1 amide bonds. The van der Waals surface area contributed by atoms with Crippen molar-refractivity contribution >= 4 is 69.2 Å². The lowest BCUT2D eigenvalue weighted by molar-refractivity contribution is -0.110. The monoisotopic (exact) mass is 489 g/mol. The normalized spacial score (nSPS) is 14.4.